The molecule has 0 atom stereocenters. The number of carbonyl (C=O) groups is 1. The Morgan fingerprint density at radius 1 is 1.31 bits per heavy atom. The lowest BCUT2D eigenvalue weighted by molar-refractivity contribution is -0.113. The minimum atomic E-state index is 0.0966. The van der Waals surface area contributed by atoms with Crippen molar-refractivity contribution in [3.63, 3.8) is 0 Å². The van der Waals surface area contributed by atoms with Gasteiger partial charge in [0.15, 0.2) is 0 Å². The molecule has 0 saturated carbocycles. The van der Waals surface area contributed by atoms with E-state index < -0.39 is 0 Å². The zero-order chi connectivity index (χ0) is 11.8. The summed E-state index contributed by atoms with van der Waals surface area (Å²) in [4.78, 5) is 11.6. The number of nitrogens with one attached hydrogen (secondary N) is 1. The van der Waals surface area contributed by atoms with Crippen molar-refractivity contribution in [2.24, 2.45) is 0 Å². The van der Waals surface area contributed by atoms with E-state index in [-0.39, 0.29) is 5.91 Å². The SMILES string of the molecule is CCCSCC(=O)Nc1ccccc1CC. The second-order valence-corrected chi connectivity index (χ2v) is 4.72. The van der Waals surface area contributed by atoms with Gasteiger partial charge in [-0.15, -0.1) is 0 Å². The largest absolute Gasteiger partial charge is 0.325 e. The van der Waals surface area contributed by atoms with Crippen molar-refractivity contribution in [1.82, 2.24) is 0 Å². The second kappa shape index (κ2) is 7.34. The molecule has 0 bridgehead atoms. The third-order valence-electron chi connectivity index (χ3n) is 2.25. The molecule has 1 aromatic rings. The maximum Gasteiger partial charge on any atom is 0.234 e. The van der Waals surface area contributed by atoms with Gasteiger partial charge in [0, 0.05) is 5.69 Å². The third kappa shape index (κ3) is 4.27. The van der Waals surface area contributed by atoms with E-state index in [1.54, 1.807) is 11.8 Å². The number of hydrogen-bond acceptors (Lipinski definition) is 2. The van der Waals surface area contributed by atoms with Crippen molar-refractivity contribution >= 4 is 23.4 Å². The molecule has 0 aliphatic heterocycles. The molecular weight excluding hydrogens is 218 g/mol. The van der Waals surface area contributed by atoms with E-state index in [9.17, 15) is 4.79 Å². The molecule has 0 aromatic heterocycles. The molecule has 2 nitrogen and oxygen atoms in total. The van der Waals surface area contributed by atoms with Gasteiger partial charge in [-0.05, 0) is 30.2 Å². The number of carbonyl (C=O) groups excluding carboxylic acids is 1. The van der Waals surface area contributed by atoms with Gasteiger partial charge >= 0.3 is 0 Å². The van der Waals surface area contributed by atoms with Gasteiger partial charge in [0.2, 0.25) is 5.91 Å². The first-order valence-electron chi connectivity index (χ1n) is 5.73. The maximum absolute atomic E-state index is 11.6. The Morgan fingerprint density at radius 2 is 2.06 bits per heavy atom. The molecule has 0 aliphatic carbocycles. The van der Waals surface area contributed by atoms with Crippen LogP contribution < -0.4 is 5.32 Å². The van der Waals surface area contributed by atoms with Gasteiger partial charge in [0.25, 0.3) is 0 Å². The van der Waals surface area contributed by atoms with Crippen LogP contribution in [0.5, 0.6) is 0 Å². The fraction of sp³-hybridized carbons (Fsp3) is 0.462. The standard InChI is InChI=1S/C13H19NOS/c1-3-9-16-10-13(15)14-12-8-6-5-7-11(12)4-2/h5-8H,3-4,9-10H2,1-2H3,(H,14,15). The number of hydrogen-bond donors (Lipinski definition) is 1. The molecule has 3 heteroatoms. The third-order valence-corrected chi connectivity index (χ3v) is 3.42. The lowest BCUT2D eigenvalue weighted by atomic mass is 10.1. The first kappa shape index (κ1) is 13.1. The highest BCUT2D eigenvalue weighted by Gasteiger charge is 2.04. The molecule has 1 aromatic carbocycles. The zero-order valence-electron chi connectivity index (χ0n) is 9.95. The van der Waals surface area contributed by atoms with Gasteiger partial charge in [0.1, 0.15) is 0 Å². The van der Waals surface area contributed by atoms with E-state index in [0.29, 0.717) is 5.75 Å². The Balaban J connectivity index is 2.49. The topological polar surface area (TPSA) is 29.1 Å². The van der Waals surface area contributed by atoms with E-state index in [0.717, 1.165) is 24.3 Å². The van der Waals surface area contributed by atoms with Crippen LogP contribution in [-0.2, 0) is 11.2 Å². The van der Waals surface area contributed by atoms with E-state index in [2.05, 4.69) is 25.2 Å². The van der Waals surface area contributed by atoms with E-state index >= 15 is 0 Å². The number of anilines is 1. The molecule has 16 heavy (non-hydrogen) atoms. The van der Waals surface area contributed by atoms with Crippen molar-refractivity contribution in [2.45, 2.75) is 26.7 Å². The van der Waals surface area contributed by atoms with Gasteiger partial charge in [-0.3, -0.25) is 4.79 Å². The minimum absolute atomic E-state index is 0.0966. The van der Waals surface area contributed by atoms with Crippen LogP contribution in [0.1, 0.15) is 25.8 Å². The minimum Gasteiger partial charge on any atom is -0.325 e. The molecule has 0 heterocycles. The smallest absolute Gasteiger partial charge is 0.234 e. The number of thioether (sulfide) groups is 1. The molecule has 0 fully saturated rings. The van der Waals surface area contributed by atoms with Crippen molar-refractivity contribution < 1.29 is 4.79 Å². The Bertz CT molecular complexity index is 338. The van der Waals surface area contributed by atoms with Gasteiger partial charge in [-0.25, -0.2) is 0 Å². The Kier molecular flexibility index (Phi) is 6.01. The van der Waals surface area contributed by atoms with Crippen LogP contribution in [0.4, 0.5) is 5.69 Å². The van der Waals surface area contributed by atoms with Crippen LogP contribution in [0.2, 0.25) is 0 Å². The molecule has 0 aliphatic rings. The quantitative estimate of drug-likeness (QED) is 0.769. The summed E-state index contributed by atoms with van der Waals surface area (Å²) in [6.07, 6.45) is 2.06. The number of benzene rings is 1. The lowest BCUT2D eigenvalue weighted by Crippen LogP contribution is -2.15. The Morgan fingerprint density at radius 3 is 2.75 bits per heavy atom. The summed E-state index contributed by atoms with van der Waals surface area (Å²) in [5.74, 6) is 1.69. The van der Waals surface area contributed by atoms with Gasteiger partial charge in [0.05, 0.1) is 5.75 Å². The summed E-state index contributed by atoms with van der Waals surface area (Å²) in [6.45, 7) is 4.22. The number of rotatable bonds is 6. The van der Waals surface area contributed by atoms with Crippen LogP contribution in [0.3, 0.4) is 0 Å². The Labute approximate surface area is 102 Å². The first-order chi connectivity index (χ1) is 7.77. The van der Waals surface area contributed by atoms with E-state index in [4.69, 9.17) is 0 Å². The van der Waals surface area contributed by atoms with Crippen LogP contribution in [0.15, 0.2) is 24.3 Å². The van der Waals surface area contributed by atoms with Crippen molar-refractivity contribution in [1.29, 1.82) is 0 Å². The normalized spacial score (nSPS) is 10.1. The summed E-state index contributed by atoms with van der Waals surface area (Å²) in [5.41, 5.74) is 2.14. The average Bonchev–Trinajstić information content (AvgIpc) is 2.30. The predicted octanol–water partition coefficient (Wildman–Crippen LogP) is 3.33. The highest BCUT2D eigenvalue weighted by molar-refractivity contribution is 7.99. The van der Waals surface area contributed by atoms with E-state index in [1.807, 2.05) is 18.2 Å². The molecule has 1 rings (SSSR count). The van der Waals surface area contributed by atoms with Crippen LogP contribution >= 0.6 is 11.8 Å². The van der Waals surface area contributed by atoms with Gasteiger partial charge in [-0.1, -0.05) is 32.0 Å². The molecule has 1 N–H and O–H groups in total. The number of para-hydroxylation sites is 1. The first-order valence-corrected chi connectivity index (χ1v) is 6.88. The van der Waals surface area contributed by atoms with Crippen molar-refractivity contribution in [2.75, 3.05) is 16.8 Å². The summed E-state index contributed by atoms with van der Waals surface area (Å²) in [6, 6.07) is 7.96. The molecular formula is C13H19NOS. The Hall–Kier alpha value is -0.960. The van der Waals surface area contributed by atoms with Crippen LogP contribution in [0.25, 0.3) is 0 Å². The highest BCUT2D eigenvalue weighted by Crippen LogP contribution is 2.15. The van der Waals surface area contributed by atoms with Gasteiger partial charge in [-0.2, -0.15) is 11.8 Å². The average molecular weight is 237 g/mol. The molecule has 0 saturated heterocycles. The van der Waals surface area contributed by atoms with E-state index in [1.165, 1.54) is 5.56 Å². The van der Waals surface area contributed by atoms with Crippen LogP contribution in [0, 0.1) is 0 Å². The molecule has 88 valence electrons. The predicted molar refractivity (Wildman–Crippen MR) is 72.1 cm³/mol. The number of amides is 1. The molecule has 0 unspecified atom stereocenters. The zero-order valence-corrected chi connectivity index (χ0v) is 10.8. The molecule has 0 radical (unpaired) electrons. The number of aryl methyl sites for hydroxylation is 1. The van der Waals surface area contributed by atoms with Crippen molar-refractivity contribution in [3.05, 3.63) is 29.8 Å². The summed E-state index contributed by atoms with van der Waals surface area (Å²) < 4.78 is 0. The van der Waals surface area contributed by atoms with Crippen molar-refractivity contribution in [3.8, 4) is 0 Å². The highest BCUT2D eigenvalue weighted by atomic mass is 32.2. The summed E-state index contributed by atoms with van der Waals surface area (Å²) in [5, 5.41) is 2.96. The summed E-state index contributed by atoms with van der Waals surface area (Å²) >= 11 is 1.68. The lowest BCUT2D eigenvalue weighted by Gasteiger charge is -2.09. The molecule has 0 spiro atoms. The van der Waals surface area contributed by atoms with Gasteiger partial charge < -0.3 is 5.32 Å². The molecule has 1 amide bonds. The fourth-order valence-corrected chi connectivity index (χ4v) is 2.14. The fourth-order valence-electron chi connectivity index (χ4n) is 1.45. The maximum atomic E-state index is 11.6. The summed E-state index contributed by atoms with van der Waals surface area (Å²) in [7, 11) is 0. The van der Waals surface area contributed by atoms with Crippen LogP contribution in [-0.4, -0.2) is 17.4 Å². The monoisotopic (exact) mass is 237 g/mol. The second-order valence-electron chi connectivity index (χ2n) is 3.61.